The average Bonchev–Trinajstić information content (AvgIpc) is 2.43. The lowest BCUT2D eigenvalue weighted by Crippen LogP contribution is -2.20. The Balaban J connectivity index is 2.40. The first kappa shape index (κ1) is 13.2. The van der Waals surface area contributed by atoms with Crippen LogP contribution in [0.1, 0.15) is 10.4 Å². The van der Waals surface area contributed by atoms with Crippen molar-refractivity contribution in [2.24, 2.45) is 0 Å². The predicted molar refractivity (Wildman–Crippen MR) is 73.6 cm³/mol. The van der Waals surface area contributed by atoms with Crippen LogP contribution in [0.3, 0.4) is 0 Å². The van der Waals surface area contributed by atoms with Gasteiger partial charge in [-0.1, -0.05) is 17.7 Å². The van der Waals surface area contributed by atoms with Crippen molar-refractivity contribution in [3.8, 4) is 11.6 Å². The molecule has 0 saturated heterocycles. The highest BCUT2D eigenvalue weighted by molar-refractivity contribution is 6.36. The predicted octanol–water partition coefficient (Wildman–Crippen LogP) is 2.47. The van der Waals surface area contributed by atoms with E-state index in [-0.39, 0.29) is 22.2 Å². The fourth-order valence-electron chi connectivity index (χ4n) is 1.53. The second kappa shape index (κ2) is 5.58. The van der Waals surface area contributed by atoms with Crippen molar-refractivity contribution in [1.29, 1.82) is 0 Å². The highest BCUT2D eigenvalue weighted by Gasteiger charge is 2.17. The minimum Gasteiger partial charge on any atom is -0.437 e. The third-order valence-electron chi connectivity index (χ3n) is 2.45. The van der Waals surface area contributed by atoms with Crippen molar-refractivity contribution in [2.75, 3.05) is 12.8 Å². The third-order valence-corrected chi connectivity index (χ3v) is 2.82. The normalized spacial score (nSPS) is 10.0. The van der Waals surface area contributed by atoms with Crippen LogP contribution in [0.4, 0.5) is 5.69 Å². The number of aromatic nitrogens is 1. The molecule has 0 aliphatic carbocycles. The van der Waals surface area contributed by atoms with E-state index in [1.165, 1.54) is 7.05 Å². The van der Waals surface area contributed by atoms with Crippen molar-refractivity contribution < 1.29 is 9.53 Å². The summed E-state index contributed by atoms with van der Waals surface area (Å²) >= 11 is 6.14. The smallest absolute Gasteiger partial charge is 0.254 e. The van der Waals surface area contributed by atoms with E-state index < -0.39 is 0 Å². The summed E-state index contributed by atoms with van der Waals surface area (Å²) < 4.78 is 5.52. The topological polar surface area (TPSA) is 77.2 Å². The van der Waals surface area contributed by atoms with Crippen molar-refractivity contribution >= 4 is 23.2 Å². The number of amides is 1. The van der Waals surface area contributed by atoms with Gasteiger partial charge in [0.2, 0.25) is 5.88 Å². The number of benzene rings is 1. The van der Waals surface area contributed by atoms with E-state index in [1.54, 1.807) is 36.5 Å². The molecule has 19 heavy (non-hydrogen) atoms. The van der Waals surface area contributed by atoms with Gasteiger partial charge in [0.15, 0.2) is 0 Å². The Hall–Kier alpha value is -2.27. The van der Waals surface area contributed by atoms with Gasteiger partial charge in [-0.05, 0) is 18.2 Å². The molecule has 6 heteroatoms. The minimum absolute atomic E-state index is 0.157. The Kier molecular flexibility index (Phi) is 3.87. The summed E-state index contributed by atoms with van der Waals surface area (Å²) in [4.78, 5) is 15.7. The summed E-state index contributed by atoms with van der Waals surface area (Å²) in [5.74, 6) is 0.346. The zero-order valence-electron chi connectivity index (χ0n) is 10.2. The summed E-state index contributed by atoms with van der Waals surface area (Å²) in [5.41, 5.74) is 6.23. The van der Waals surface area contributed by atoms with Crippen molar-refractivity contribution in [3.05, 3.63) is 47.1 Å². The average molecular weight is 278 g/mol. The summed E-state index contributed by atoms with van der Waals surface area (Å²) in [6.07, 6.45) is 1.60. The monoisotopic (exact) mass is 277 g/mol. The molecule has 2 rings (SSSR count). The van der Waals surface area contributed by atoms with E-state index in [9.17, 15) is 4.79 Å². The van der Waals surface area contributed by atoms with E-state index in [4.69, 9.17) is 22.1 Å². The third kappa shape index (κ3) is 2.77. The van der Waals surface area contributed by atoms with Crippen LogP contribution in [0.5, 0.6) is 11.6 Å². The van der Waals surface area contributed by atoms with Crippen LogP contribution in [-0.2, 0) is 0 Å². The van der Waals surface area contributed by atoms with Gasteiger partial charge < -0.3 is 15.8 Å². The molecule has 2 aromatic rings. The Morgan fingerprint density at radius 3 is 2.79 bits per heavy atom. The molecule has 5 nitrogen and oxygen atoms in total. The number of nitrogens with one attached hydrogen (secondary N) is 1. The van der Waals surface area contributed by atoms with Crippen LogP contribution in [0.25, 0.3) is 0 Å². The van der Waals surface area contributed by atoms with Gasteiger partial charge in [-0.15, -0.1) is 0 Å². The second-order valence-electron chi connectivity index (χ2n) is 3.69. The van der Waals surface area contributed by atoms with Gasteiger partial charge in [-0.2, -0.15) is 0 Å². The van der Waals surface area contributed by atoms with Gasteiger partial charge in [0.05, 0.1) is 10.6 Å². The SMILES string of the molecule is CNC(=O)c1c(N)ccc(Oc2ccccn2)c1Cl. The maximum absolute atomic E-state index is 11.7. The molecule has 0 radical (unpaired) electrons. The molecule has 0 unspecified atom stereocenters. The van der Waals surface area contributed by atoms with Crippen LogP contribution in [-0.4, -0.2) is 17.9 Å². The maximum Gasteiger partial charge on any atom is 0.254 e. The van der Waals surface area contributed by atoms with Gasteiger partial charge in [0.25, 0.3) is 5.91 Å². The van der Waals surface area contributed by atoms with Crippen LogP contribution < -0.4 is 15.8 Å². The fraction of sp³-hybridized carbons (Fsp3) is 0.0769. The molecule has 0 aliphatic heterocycles. The van der Waals surface area contributed by atoms with E-state index in [1.807, 2.05) is 0 Å². The van der Waals surface area contributed by atoms with Crippen molar-refractivity contribution in [3.63, 3.8) is 0 Å². The van der Waals surface area contributed by atoms with Gasteiger partial charge >= 0.3 is 0 Å². The number of nitrogens with two attached hydrogens (primary N) is 1. The summed E-state index contributed by atoms with van der Waals surface area (Å²) in [6.45, 7) is 0. The number of rotatable bonds is 3. The molecular weight excluding hydrogens is 266 g/mol. The first-order chi connectivity index (χ1) is 9.13. The number of ether oxygens (including phenoxy) is 1. The van der Waals surface area contributed by atoms with Gasteiger partial charge in [-0.3, -0.25) is 4.79 Å². The number of hydrogen-bond acceptors (Lipinski definition) is 4. The molecule has 3 N–H and O–H groups in total. The molecule has 0 atom stereocenters. The van der Waals surface area contributed by atoms with E-state index >= 15 is 0 Å². The molecule has 1 heterocycles. The van der Waals surface area contributed by atoms with E-state index in [0.29, 0.717) is 11.6 Å². The molecule has 0 fully saturated rings. The van der Waals surface area contributed by atoms with Crippen molar-refractivity contribution in [1.82, 2.24) is 10.3 Å². The number of pyridine rings is 1. The number of halogens is 1. The lowest BCUT2D eigenvalue weighted by molar-refractivity contribution is 0.0964. The first-order valence-corrected chi connectivity index (χ1v) is 5.90. The van der Waals surface area contributed by atoms with Gasteiger partial charge in [0.1, 0.15) is 5.75 Å². The lowest BCUT2D eigenvalue weighted by atomic mass is 10.1. The Labute approximate surface area is 115 Å². The molecule has 98 valence electrons. The maximum atomic E-state index is 11.7. The van der Waals surface area contributed by atoms with Crippen LogP contribution >= 0.6 is 11.6 Å². The Morgan fingerprint density at radius 2 is 2.16 bits per heavy atom. The molecule has 1 aromatic heterocycles. The van der Waals surface area contributed by atoms with E-state index in [2.05, 4.69) is 10.3 Å². The molecule has 1 amide bonds. The number of carbonyl (C=O) groups is 1. The van der Waals surface area contributed by atoms with Crippen LogP contribution in [0, 0.1) is 0 Å². The largest absolute Gasteiger partial charge is 0.437 e. The van der Waals surface area contributed by atoms with Crippen LogP contribution in [0.2, 0.25) is 5.02 Å². The molecule has 0 spiro atoms. The molecule has 0 aliphatic rings. The molecular formula is C13H12ClN3O2. The highest BCUT2D eigenvalue weighted by atomic mass is 35.5. The summed E-state index contributed by atoms with van der Waals surface area (Å²) in [5, 5.41) is 2.64. The number of anilines is 1. The van der Waals surface area contributed by atoms with Crippen molar-refractivity contribution in [2.45, 2.75) is 0 Å². The molecule has 1 aromatic carbocycles. The highest BCUT2D eigenvalue weighted by Crippen LogP contribution is 2.34. The molecule has 0 bridgehead atoms. The van der Waals surface area contributed by atoms with Gasteiger partial charge in [0, 0.05) is 25.0 Å². The minimum atomic E-state index is -0.367. The Morgan fingerprint density at radius 1 is 1.37 bits per heavy atom. The zero-order valence-corrected chi connectivity index (χ0v) is 10.9. The first-order valence-electron chi connectivity index (χ1n) is 5.52. The number of hydrogen-bond donors (Lipinski definition) is 2. The van der Waals surface area contributed by atoms with Gasteiger partial charge in [-0.25, -0.2) is 4.98 Å². The fourth-order valence-corrected chi connectivity index (χ4v) is 1.82. The number of carbonyl (C=O) groups excluding carboxylic acids is 1. The second-order valence-corrected chi connectivity index (χ2v) is 4.07. The standard InChI is InChI=1S/C13H12ClN3O2/c1-16-13(18)11-8(15)5-6-9(12(11)14)19-10-4-2-3-7-17-10/h2-7H,15H2,1H3,(H,16,18). The Bertz CT molecular complexity index is 602. The zero-order chi connectivity index (χ0) is 13.8. The quantitative estimate of drug-likeness (QED) is 0.845. The lowest BCUT2D eigenvalue weighted by Gasteiger charge is -2.11. The number of nitrogen functional groups attached to an aromatic ring is 1. The number of nitrogens with zero attached hydrogens (tertiary/aromatic N) is 1. The van der Waals surface area contributed by atoms with Crippen LogP contribution in [0.15, 0.2) is 36.5 Å². The molecule has 0 saturated carbocycles. The summed E-state index contributed by atoms with van der Waals surface area (Å²) in [6, 6.07) is 8.40. The van der Waals surface area contributed by atoms with E-state index in [0.717, 1.165) is 0 Å². The summed E-state index contributed by atoms with van der Waals surface area (Å²) in [7, 11) is 1.50.